The van der Waals surface area contributed by atoms with Crippen molar-refractivity contribution in [2.45, 2.75) is 70.1 Å². The number of carbonyl (C=O) groups is 2. The van der Waals surface area contributed by atoms with Crippen molar-refractivity contribution >= 4 is 40.8 Å². The molecule has 1 unspecified atom stereocenters. The highest BCUT2D eigenvalue weighted by molar-refractivity contribution is 6.33. The highest BCUT2D eigenvalue weighted by Crippen LogP contribution is 2.46. The zero-order valence-corrected chi connectivity index (χ0v) is 21.2. The minimum absolute atomic E-state index is 0.139. The molecule has 0 bridgehead atoms. The smallest absolute Gasteiger partial charge is 0.390 e. The molecule has 1 aliphatic rings. The van der Waals surface area contributed by atoms with Crippen molar-refractivity contribution in [3.63, 3.8) is 0 Å². The van der Waals surface area contributed by atoms with E-state index in [4.69, 9.17) is 27.9 Å². The third kappa shape index (κ3) is 8.43. The van der Waals surface area contributed by atoms with Crippen molar-refractivity contribution in [1.29, 1.82) is 0 Å². The molecule has 4 nitrogen and oxygen atoms in total. The van der Waals surface area contributed by atoms with E-state index in [-0.39, 0.29) is 34.6 Å². The first-order valence-corrected chi connectivity index (χ1v) is 12.1. The lowest BCUT2D eigenvalue weighted by molar-refractivity contribution is -0.155. The lowest BCUT2D eigenvalue weighted by Crippen LogP contribution is -2.26. The molecule has 1 aliphatic carbocycles. The minimum atomic E-state index is -4.56. The van der Waals surface area contributed by atoms with Crippen LogP contribution in [0.1, 0.15) is 69.4 Å². The molecular formula is C26H28Cl2F3NO3. The number of alkyl halides is 3. The lowest BCUT2D eigenvalue weighted by atomic mass is 9.90. The van der Waals surface area contributed by atoms with Gasteiger partial charge in [-0.1, -0.05) is 41.4 Å². The molecule has 9 heteroatoms. The normalized spacial score (nSPS) is 15.9. The zero-order chi connectivity index (χ0) is 26.0. The van der Waals surface area contributed by atoms with E-state index in [2.05, 4.69) is 5.32 Å². The van der Waals surface area contributed by atoms with E-state index < -0.39 is 30.0 Å². The molecule has 2 aromatic rings. The molecule has 1 N–H and O–H groups in total. The number of amides is 1. The van der Waals surface area contributed by atoms with E-state index in [0.717, 1.165) is 18.4 Å². The Labute approximate surface area is 213 Å². The van der Waals surface area contributed by atoms with E-state index in [1.807, 2.05) is 0 Å². The summed E-state index contributed by atoms with van der Waals surface area (Å²) in [6.45, 7) is 5.39. The van der Waals surface area contributed by atoms with Gasteiger partial charge in [-0.25, -0.2) is 0 Å². The number of rotatable bonds is 8. The second-order valence-electron chi connectivity index (χ2n) is 9.89. The molecule has 0 aliphatic heterocycles. The van der Waals surface area contributed by atoms with Crippen LogP contribution in [-0.2, 0) is 14.3 Å². The van der Waals surface area contributed by atoms with E-state index in [1.54, 1.807) is 39.0 Å². The van der Waals surface area contributed by atoms with E-state index in [1.165, 1.54) is 24.3 Å². The zero-order valence-electron chi connectivity index (χ0n) is 19.7. The van der Waals surface area contributed by atoms with Gasteiger partial charge in [-0.05, 0) is 80.8 Å². The van der Waals surface area contributed by atoms with Gasteiger partial charge in [0.05, 0.1) is 29.5 Å². The summed E-state index contributed by atoms with van der Waals surface area (Å²) in [6.07, 6.45) is -3.80. The SMILES string of the molecule is CC(C)(C)OC(=O)CC(c1ccc(Cl)c(NC(=O)[C@@H](CC(F)(F)F)c2ccc(Cl)cc2)c1)C1CC1. The Morgan fingerprint density at radius 2 is 1.63 bits per heavy atom. The highest BCUT2D eigenvalue weighted by Gasteiger charge is 2.37. The third-order valence-electron chi connectivity index (χ3n) is 5.70. The molecule has 0 radical (unpaired) electrons. The summed E-state index contributed by atoms with van der Waals surface area (Å²) in [7, 11) is 0. The molecule has 0 heterocycles. The van der Waals surface area contributed by atoms with Crippen molar-refractivity contribution in [1.82, 2.24) is 0 Å². The maximum absolute atomic E-state index is 13.3. The summed E-state index contributed by atoms with van der Waals surface area (Å²) >= 11 is 12.1. The van der Waals surface area contributed by atoms with Crippen LogP contribution in [0.15, 0.2) is 42.5 Å². The number of ether oxygens (including phenoxy) is 1. The molecule has 35 heavy (non-hydrogen) atoms. The fraction of sp³-hybridized carbons (Fsp3) is 0.462. The number of hydrogen-bond acceptors (Lipinski definition) is 3. The first kappa shape index (κ1) is 27.3. The summed E-state index contributed by atoms with van der Waals surface area (Å²) in [5.41, 5.74) is 0.554. The number of benzene rings is 2. The van der Waals surface area contributed by atoms with Crippen molar-refractivity contribution in [3.05, 3.63) is 63.6 Å². The van der Waals surface area contributed by atoms with Crippen LogP contribution < -0.4 is 5.32 Å². The van der Waals surface area contributed by atoms with Crippen LogP contribution in [0, 0.1) is 5.92 Å². The van der Waals surface area contributed by atoms with Gasteiger partial charge in [0.25, 0.3) is 0 Å². The molecule has 2 aromatic carbocycles. The first-order chi connectivity index (χ1) is 16.2. The lowest BCUT2D eigenvalue weighted by Gasteiger charge is -2.23. The van der Waals surface area contributed by atoms with Gasteiger partial charge in [0.15, 0.2) is 0 Å². The van der Waals surface area contributed by atoms with Gasteiger partial charge in [-0.2, -0.15) is 13.2 Å². The Balaban J connectivity index is 1.84. The largest absolute Gasteiger partial charge is 0.460 e. The Hall–Kier alpha value is -2.25. The van der Waals surface area contributed by atoms with Crippen LogP contribution in [-0.4, -0.2) is 23.7 Å². The summed E-state index contributed by atoms with van der Waals surface area (Å²) in [5.74, 6) is -2.49. The molecule has 1 fully saturated rings. The van der Waals surface area contributed by atoms with Crippen LogP contribution in [0.4, 0.5) is 18.9 Å². The average molecular weight is 530 g/mol. The number of anilines is 1. The fourth-order valence-corrected chi connectivity index (χ4v) is 4.29. The molecule has 2 atom stereocenters. The Bertz CT molecular complexity index is 1060. The van der Waals surface area contributed by atoms with E-state index in [9.17, 15) is 22.8 Å². The first-order valence-electron chi connectivity index (χ1n) is 11.4. The Kier molecular flexibility index (Phi) is 8.43. The topological polar surface area (TPSA) is 55.4 Å². The van der Waals surface area contributed by atoms with Crippen LogP contribution in [0.2, 0.25) is 10.0 Å². The van der Waals surface area contributed by atoms with Crippen LogP contribution >= 0.6 is 23.2 Å². The molecule has 1 amide bonds. The van der Waals surface area contributed by atoms with Crippen LogP contribution in [0.5, 0.6) is 0 Å². The molecule has 190 valence electrons. The summed E-state index contributed by atoms with van der Waals surface area (Å²) in [4.78, 5) is 25.5. The van der Waals surface area contributed by atoms with Crippen molar-refractivity contribution < 1.29 is 27.5 Å². The Morgan fingerprint density at radius 3 is 2.17 bits per heavy atom. The number of carbonyl (C=O) groups excluding carboxylic acids is 2. The maximum atomic E-state index is 13.3. The summed E-state index contributed by atoms with van der Waals surface area (Å²) < 4.78 is 45.3. The number of hydrogen-bond donors (Lipinski definition) is 1. The van der Waals surface area contributed by atoms with Crippen molar-refractivity contribution in [3.8, 4) is 0 Å². The van der Waals surface area contributed by atoms with Gasteiger partial charge >= 0.3 is 12.1 Å². The van der Waals surface area contributed by atoms with Crippen molar-refractivity contribution in [2.75, 3.05) is 5.32 Å². The number of nitrogens with one attached hydrogen (secondary N) is 1. The quantitative estimate of drug-likeness (QED) is 0.353. The predicted octanol–water partition coefficient (Wildman–Crippen LogP) is 7.89. The summed E-state index contributed by atoms with van der Waals surface area (Å²) in [5, 5.41) is 3.12. The standard InChI is InChI=1S/C26H28Cl2F3NO3/c1-25(2,3)35-23(33)13-19(15-4-5-15)17-8-11-21(28)22(12-17)32-24(34)20(14-26(29,30)31)16-6-9-18(27)10-7-16/h6-12,15,19-20H,4-5,13-14H2,1-3H3,(H,32,34)/t19?,20-/m0/s1. The maximum Gasteiger partial charge on any atom is 0.390 e. The third-order valence-corrected chi connectivity index (χ3v) is 6.28. The second kappa shape index (κ2) is 10.8. The highest BCUT2D eigenvalue weighted by atomic mass is 35.5. The minimum Gasteiger partial charge on any atom is -0.460 e. The molecule has 1 saturated carbocycles. The van der Waals surface area contributed by atoms with Gasteiger partial charge in [0.2, 0.25) is 5.91 Å². The second-order valence-corrected chi connectivity index (χ2v) is 10.7. The van der Waals surface area contributed by atoms with Gasteiger partial charge in [-0.3, -0.25) is 9.59 Å². The van der Waals surface area contributed by atoms with Crippen LogP contribution in [0.3, 0.4) is 0 Å². The van der Waals surface area contributed by atoms with Gasteiger partial charge in [0, 0.05) is 5.02 Å². The number of halogens is 5. The van der Waals surface area contributed by atoms with Crippen LogP contribution in [0.25, 0.3) is 0 Å². The molecule has 0 aromatic heterocycles. The molecule has 0 spiro atoms. The Morgan fingerprint density at radius 1 is 1.03 bits per heavy atom. The van der Waals surface area contributed by atoms with E-state index in [0.29, 0.717) is 10.9 Å². The van der Waals surface area contributed by atoms with E-state index >= 15 is 0 Å². The monoisotopic (exact) mass is 529 g/mol. The van der Waals surface area contributed by atoms with Crippen molar-refractivity contribution in [2.24, 2.45) is 5.92 Å². The molecule has 0 saturated heterocycles. The van der Waals surface area contributed by atoms with Gasteiger partial charge < -0.3 is 10.1 Å². The summed E-state index contributed by atoms with van der Waals surface area (Å²) in [6, 6.07) is 10.7. The number of esters is 1. The fourth-order valence-electron chi connectivity index (χ4n) is 4.00. The van der Waals surface area contributed by atoms with Gasteiger partial charge in [-0.15, -0.1) is 0 Å². The predicted molar refractivity (Wildman–Crippen MR) is 131 cm³/mol. The van der Waals surface area contributed by atoms with Gasteiger partial charge in [0.1, 0.15) is 5.60 Å². The molecular weight excluding hydrogens is 502 g/mol. The average Bonchev–Trinajstić information content (AvgIpc) is 3.56. The molecule has 3 rings (SSSR count).